The van der Waals surface area contributed by atoms with Gasteiger partial charge in [0, 0.05) is 5.56 Å². The Bertz CT molecular complexity index is 752. The molecular formula is C21H23ClN2NaO+. The van der Waals surface area contributed by atoms with Crippen molar-refractivity contribution in [1.82, 2.24) is 0 Å². The third kappa shape index (κ3) is 10.4. The Kier molecular flexibility index (Phi) is 13.6. The summed E-state index contributed by atoms with van der Waals surface area (Å²) >= 11 is 5.16. The molecular weight excluding hydrogens is 355 g/mol. The molecule has 3 aromatic rings. The third-order valence-electron chi connectivity index (χ3n) is 3.24. The summed E-state index contributed by atoms with van der Waals surface area (Å²) in [6.07, 6.45) is 0. The number of hydrogen-bond donors (Lipinski definition) is 2. The van der Waals surface area contributed by atoms with Gasteiger partial charge in [-0.1, -0.05) is 84.4 Å². The van der Waals surface area contributed by atoms with Crippen LogP contribution in [-0.4, -0.2) is 5.24 Å². The van der Waals surface area contributed by atoms with Gasteiger partial charge >= 0.3 is 29.6 Å². The second-order valence-electron chi connectivity index (χ2n) is 5.25. The van der Waals surface area contributed by atoms with Gasteiger partial charge in [0.25, 0.3) is 5.24 Å². The summed E-state index contributed by atoms with van der Waals surface area (Å²) in [5.74, 6) is 5.20. The van der Waals surface area contributed by atoms with E-state index in [0.717, 1.165) is 5.69 Å². The Labute approximate surface area is 182 Å². The van der Waals surface area contributed by atoms with Crippen LogP contribution in [0.5, 0.6) is 0 Å². The Morgan fingerprint density at radius 2 is 1.27 bits per heavy atom. The number of rotatable bonds is 2. The maximum Gasteiger partial charge on any atom is 1.00 e. The van der Waals surface area contributed by atoms with E-state index in [4.69, 9.17) is 17.4 Å². The number of anilines is 1. The van der Waals surface area contributed by atoms with Crippen molar-refractivity contribution < 1.29 is 34.4 Å². The third-order valence-corrected chi connectivity index (χ3v) is 3.46. The van der Waals surface area contributed by atoms with Crippen molar-refractivity contribution >= 4 is 22.5 Å². The van der Waals surface area contributed by atoms with E-state index in [0.29, 0.717) is 5.56 Å². The summed E-state index contributed by atoms with van der Waals surface area (Å²) in [6, 6.07) is 26.9. The molecule has 0 saturated carbocycles. The standard InChI is InChI=1S/C7H5ClO.C7H10N2.C7H8.Na/c8-7(9)6-4-2-1-3-5-6;1-6-4-2-3-5-7(6)9-8;1-7-5-3-2-4-6-7;/h1-5H;2-5,9H,8H2,1H3;2-6H,1H3;/q;;;+1. The fraction of sp³-hybridized carbons (Fsp3) is 0.0952. The molecule has 0 unspecified atom stereocenters. The molecule has 0 spiro atoms. The topological polar surface area (TPSA) is 55.1 Å². The van der Waals surface area contributed by atoms with Crippen LogP contribution in [0.4, 0.5) is 5.69 Å². The molecule has 0 saturated heterocycles. The summed E-state index contributed by atoms with van der Waals surface area (Å²) in [7, 11) is 0. The van der Waals surface area contributed by atoms with Gasteiger partial charge in [0.2, 0.25) is 0 Å². The molecule has 3 aromatic carbocycles. The van der Waals surface area contributed by atoms with Crippen LogP contribution in [-0.2, 0) is 0 Å². The van der Waals surface area contributed by atoms with Gasteiger partial charge in [-0.05, 0) is 37.1 Å². The summed E-state index contributed by atoms with van der Waals surface area (Å²) in [4.78, 5) is 10.4. The first kappa shape index (κ1) is 24.4. The van der Waals surface area contributed by atoms with E-state index in [1.807, 2.05) is 55.5 Å². The van der Waals surface area contributed by atoms with E-state index in [2.05, 4.69) is 24.5 Å². The number of carbonyl (C=O) groups excluding carboxylic acids is 1. The Morgan fingerprint density at radius 1 is 0.808 bits per heavy atom. The first-order valence-corrected chi connectivity index (χ1v) is 8.21. The number of nitrogen functional groups attached to an aromatic ring is 1. The largest absolute Gasteiger partial charge is 1.00 e. The smallest absolute Gasteiger partial charge is 0.324 e. The van der Waals surface area contributed by atoms with Crippen LogP contribution in [0.25, 0.3) is 0 Å². The van der Waals surface area contributed by atoms with Crippen LogP contribution in [0.2, 0.25) is 0 Å². The van der Waals surface area contributed by atoms with Gasteiger partial charge in [0.1, 0.15) is 0 Å². The second kappa shape index (κ2) is 14.5. The quantitative estimate of drug-likeness (QED) is 0.312. The van der Waals surface area contributed by atoms with E-state index >= 15 is 0 Å². The number of nitrogens with two attached hydrogens (primary N) is 1. The van der Waals surface area contributed by atoms with Crippen LogP contribution in [0.1, 0.15) is 21.5 Å². The molecule has 0 aromatic heterocycles. The number of nitrogens with one attached hydrogen (secondary N) is 1. The first-order chi connectivity index (χ1) is 12.0. The molecule has 0 aliphatic carbocycles. The molecule has 0 bridgehead atoms. The van der Waals surface area contributed by atoms with Crippen molar-refractivity contribution in [2.45, 2.75) is 13.8 Å². The molecule has 0 fully saturated rings. The van der Waals surface area contributed by atoms with Crippen molar-refractivity contribution in [3.8, 4) is 0 Å². The number of hydrogen-bond acceptors (Lipinski definition) is 3. The maximum absolute atomic E-state index is 10.4. The molecule has 0 aliphatic heterocycles. The van der Waals surface area contributed by atoms with Crippen LogP contribution in [0.15, 0.2) is 84.9 Å². The van der Waals surface area contributed by atoms with Gasteiger partial charge in [-0.3, -0.25) is 10.6 Å². The Balaban J connectivity index is 0.000000357. The van der Waals surface area contributed by atoms with E-state index in [1.165, 1.54) is 11.1 Å². The van der Waals surface area contributed by atoms with E-state index in [-0.39, 0.29) is 29.6 Å². The molecule has 0 radical (unpaired) electrons. The first-order valence-electron chi connectivity index (χ1n) is 7.83. The van der Waals surface area contributed by atoms with E-state index in [1.54, 1.807) is 24.3 Å². The molecule has 3 N–H and O–H groups in total. The number of para-hydroxylation sites is 1. The van der Waals surface area contributed by atoms with Gasteiger partial charge in [0.15, 0.2) is 0 Å². The fourth-order valence-electron chi connectivity index (χ4n) is 1.84. The monoisotopic (exact) mass is 377 g/mol. The van der Waals surface area contributed by atoms with Crippen LogP contribution in [0, 0.1) is 13.8 Å². The second-order valence-corrected chi connectivity index (χ2v) is 5.60. The van der Waals surface area contributed by atoms with Crippen molar-refractivity contribution in [3.63, 3.8) is 0 Å². The Hall–Kier alpha value is -1.62. The van der Waals surface area contributed by atoms with Crippen LogP contribution in [0.3, 0.4) is 0 Å². The van der Waals surface area contributed by atoms with E-state index < -0.39 is 5.24 Å². The number of aryl methyl sites for hydroxylation is 2. The molecule has 0 heterocycles. The number of hydrazine groups is 1. The molecule has 0 aliphatic rings. The molecule has 3 nitrogen and oxygen atoms in total. The minimum Gasteiger partial charge on any atom is -0.324 e. The molecule has 0 atom stereocenters. The van der Waals surface area contributed by atoms with Crippen LogP contribution >= 0.6 is 11.6 Å². The van der Waals surface area contributed by atoms with Gasteiger partial charge in [-0.2, -0.15) is 0 Å². The predicted molar refractivity (Wildman–Crippen MR) is 107 cm³/mol. The van der Waals surface area contributed by atoms with Crippen molar-refractivity contribution in [2.75, 3.05) is 5.43 Å². The minimum absolute atomic E-state index is 0. The zero-order valence-corrected chi connectivity index (χ0v) is 18.2. The predicted octanol–water partition coefficient (Wildman–Crippen LogP) is 2.35. The van der Waals surface area contributed by atoms with E-state index in [9.17, 15) is 4.79 Å². The van der Waals surface area contributed by atoms with Crippen LogP contribution < -0.4 is 40.8 Å². The Morgan fingerprint density at radius 3 is 1.58 bits per heavy atom. The van der Waals surface area contributed by atoms with Gasteiger partial charge in [-0.25, -0.2) is 0 Å². The summed E-state index contributed by atoms with van der Waals surface area (Å²) < 4.78 is 0. The molecule has 5 heteroatoms. The van der Waals surface area contributed by atoms with Crippen molar-refractivity contribution in [3.05, 3.63) is 102 Å². The fourth-order valence-corrected chi connectivity index (χ4v) is 1.96. The number of benzene rings is 3. The summed E-state index contributed by atoms with van der Waals surface area (Å²) in [5, 5.41) is -0.407. The van der Waals surface area contributed by atoms with Crippen molar-refractivity contribution in [2.24, 2.45) is 5.84 Å². The SMILES string of the molecule is Cc1ccccc1.Cc1ccccc1NN.O=C(Cl)c1ccccc1.[Na+]. The molecule has 3 rings (SSSR count). The maximum atomic E-state index is 10.4. The summed E-state index contributed by atoms with van der Waals surface area (Å²) in [6.45, 7) is 4.09. The zero-order chi connectivity index (χ0) is 18.5. The molecule has 26 heavy (non-hydrogen) atoms. The van der Waals surface area contributed by atoms with Gasteiger partial charge in [0.05, 0.1) is 5.69 Å². The zero-order valence-electron chi connectivity index (χ0n) is 15.4. The normalized spacial score (nSPS) is 8.62. The number of carbonyl (C=O) groups is 1. The van der Waals surface area contributed by atoms with Gasteiger partial charge < -0.3 is 5.43 Å². The number of halogens is 1. The van der Waals surface area contributed by atoms with Crippen molar-refractivity contribution in [1.29, 1.82) is 0 Å². The average molecular weight is 378 g/mol. The average Bonchev–Trinajstić information content (AvgIpc) is 2.64. The molecule has 130 valence electrons. The molecule has 0 amide bonds. The minimum atomic E-state index is -0.407. The summed E-state index contributed by atoms with van der Waals surface area (Å²) in [5.41, 5.74) is 6.61. The van der Waals surface area contributed by atoms with Gasteiger partial charge in [-0.15, -0.1) is 0 Å².